The number of nitrogens with one attached hydrogen (secondary N) is 1. The van der Waals surface area contributed by atoms with Crippen LogP contribution in [-0.2, 0) is 4.79 Å². The molecule has 0 atom stereocenters. The predicted octanol–water partition coefficient (Wildman–Crippen LogP) is 3.75. The van der Waals surface area contributed by atoms with Crippen LogP contribution in [0.2, 0.25) is 0 Å². The van der Waals surface area contributed by atoms with Crippen molar-refractivity contribution >= 4 is 33.2 Å². The number of rotatable bonds is 5. The molecule has 0 aliphatic rings. The summed E-state index contributed by atoms with van der Waals surface area (Å²) in [5.41, 5.74) is 8.14. The van der Waals surface area contributed by atoms with Crippen molar-refractivity contribution in [3.05, 3.63) is 52.5 Å². The highest BCUT2D eigenvalue weighted by atomic mass is 79.9. The van der Waals surface area contributed by atoms with Gasteiger partial charge in [0.2, 0.25) is 5.91 Å². The summed E-state index contributed by atoms with van der Waals surface area (Å²) in [5.74, 6) is 0.509. The monoisotopic (exact) mass is 348 g/mol. The van der Waals surface area contributed by atoms with Gasteiger partial charge in [-0.1, -0.05) is 34.1 Å². The molecule has 4 nitrogen and oxygen atoms in total. The Kier molecular flexibility index (Phi) is 5.22. The van der Waals surface area contributed by atoms with Crippen LogP contribution in [0.25, 0.3) is 0 Å². The number of hydrogen-bond acceptors (Lipinski definition) is 3. The largest absolute Gasteiger partial charge is 0.491 e. The maximum atomic E-state index is 11.9. The van der Waals surface area contributed by atoms with E-state index < -0.39 is 0 Å². The second kappa shape index (κ2) is 7.13. The highest BCUT2D eigenvalue weighted by Crippen LogP contribution is 2.23. The Morgan fingerprint density at radius 2 is 2.00 bits per heavy atom. The van der Waals surface area contributed by atoms with Gasteiger partial charge < -0.3 is 15.8 Å². The molecule has 21 heavy (non-hydrogen) atoms. The molecule has 2 aromatic carbocycles. The summed E-state index contributed by atoms with van der Waals surface area (Å²) in [6.45, 7) is 2.23. The fourth-order valence-electron chi connectivity index (χ4n) is 1.82. The molecule has 0 aliphatic heterocycles. The number of nitrogen functional groups attached to an aromatic ring is 1. The first kappa shape index (κ1) is 15.4. The molecule has 1 amide bonds. The topological polar surface area (TPSA) is 64.3 Å². The van der Waals surface area contributed by atoms with Crippen molar-refractivity contribution < 1.29 is 9.53 Å². The maximum absolute atomic E-state index is 11.9. The Labute approximate surface area is 132 Å². The summed E-state index contributed by atoms with van der Waals surface area (Å²) < 4.78 is 6.47. The van der Waals surface area contributed by atoms with Crippen LogP contribution in [0.3, 0.4) is 0 Å². The third-order valence-corrected chi connectivity index (χ3v) is 3.91. The Bertz CT molecular complexity index is 644. The summed E-state index contributed by atoms with van der Waals surface area (Å²) in [7, 11) is 0. The summed E-state index contributed by atoms with van der Waals surface area (Å²) in [6, 6.07) is 12.9. The van der Waals surface area contributed by atoms with Gasteiger partial charge in [0, 0.05) is 10.2 Å². The molecular formula is C16H17BrN2O2. The highest BCUT2D eigenvalue weighted by molar-refractivity contribution is 9.10. The third kappa shape index (κ3) is 4.23. The lowest BCUT2D eigenvalue weighted by Crippen LogP contribution is -2.16. The number of carbonyl (C=O) groups is 1. The lowest BCUT2D eigenvalue weighted by Gasteiger charge is -2.11. The normalized spacial score (nSPS) is 10.2. The minimum Gasteiger partial charge on any atom is -0.491 e. The standard InChI is InChI=1S/C16H17BrN2O2/c1-11-12(17)5-4-7-14(11)19-16(20)9-10-21-15-8-3-2-6-13(15)18/h2-8H,9-10,18H2,1H3,(H,19,20). The van der Waals surface area contributed by atoms with Crippen LogP contribution in [0, 0.1) is 6.92 Å². The Morgan fingerprint density at radius 1 is 1.24 bits per heavy atom. The average molecular weight is 349 g/mol. The maximum Gasteiger partial charge on any atom is 0.227 e. The van der Waals surface area contributed by atoms with Gasteiger partial charge >= 0.3 is 0 Å². The molecule has 0 bridgehead atoms. The smallest absolute Gasteiger partial charge is 0.227 e. The van der Waals surface area contributed by atoms with Gasteiger partial charge in [-0.05, 0) is 36.8 Å². The van der Waals surface area contributed by atoms with Crippen molar-refractivity contribution in [2.24, 2.45) is 0 Å². The van der Waals surface area contributed by atoms with Crippen molar-refractivity contribution in [2.45, 2.75) is 13.3 Å². The molecule has 0 fully saturated rings. The number of hydrogen-bond donors (Lipinski definition) is 2. The second-order valence-corrected chi connectivity index (χ2v) is 5.45. The first-order chi connectivity index (χ1) is 10.1. The third-order valence-electron chi connectivity index (χ3n) is 3.05. The Hall–Kier alpha value is -2.01. The zero-order valence-electron chi connectivity index (χ0n) is 11.7. The molecule has 5 heteroatoms. The zero-order chi connectivity index (χ0) is 15.2. The first-order valence-electron chi connectivity index (χ1n) is 6.60. The zero-order valence-corrected chi connectivity index (χ0v) is 13.3. The molecule has 0 unspecified atom stereocenters. The summed E-state index contributed by atoms with van der Waals surface area (Å²) in [5, 5.41) is 2.87. The lowest BCUT2D eigenvalue weighted by molar-refractivity contribution is -0.116. The van der Waals surface area contributed by atoms with Crippen LogP contribution in [0.5, 0.6) is 5.75 Å². The molecule has 0 saturated carbocycles. The van der Waals surface area contributed by atoms with E-state index in [0.717, 1.165) is 15.7 Å². The van der Waals surface area contributed by atoms with E-state index in [1.54, 1.807) is 12.1 Å². The van der Waals surface area contributed by atoms with E-state index >= 15 is 0 Å². The van der Waals surface area contributed by atoms with Gasteiger partial charge in [-0.3, -0.25) is 4.79 Å². The fraction of sp³-hybridized carbons (Fsp3) is 0.188. The molecule has 0 aromatic heterocycles. The molecule has 2 rings (SSSR count). The number of benzene rings is 2. The quantitative estimate of drug-likeness (QED) is 0.808. The minimum absolute atomic E-state index is 0.0919. The van der Waals surface area contributed by atoms with Crippen LogP contribution in [0.4, 0.5) is 11.4 Å². The molecule has 0 radical (unpaired) electrons. The summed E-state index contributed by atoms with van der Waals surface area (Å²) in [6.07, 6.45) is 0.264. The molecular weight excluding hydrogens is 332 g/mol. The van der Waals surface area contributed by atoms with E-state index in [0.29, 0.717) is 11.4 Å². The van der Waals surface area contributed by atoms with Crippen LogP contribution in [0.15, 0.2) is 46.9 Å². The van der Waals surface area contributed by atoms with Crippen LogP contribution < -0.4 is 15.8 Å². The number of amides is 1. The van der Waals surface area contributed by atoms with Crippen molar-refractivity contribution in [1.82, 2.24) is 0 Å². The van der Waals surface area contributed by atoms with E-state index in [2.05, 4.69) is 21.2 Å². The molecule has 0 aliphatic carbocycles. The molecule has 0 saturated heterocycles. The number of anilines is 2. The van der Waals surface area contributed by atoms with Gasteiger partial charge in [0.05, 0.1) is 18.7 Å². The predicted molar refractivity (Wildman–Crippen MR) is 88.5 cm³/mol. The fourth-order valence-corrected chi connectivity index (χ4v) is 2.19. The number of carbonyl (C=O) groups excluding carboxylic acids is 1. The van der Waals surface area contributed by atoms with Crippen molar-refractivity contribution in [3.63, 3.8) is 0 Å². The molecule has 110 valence electrons. The van der Waals surface area contributed by atoms with Crippen LogP contribution >= 0.6 is 15.9 Å². The molecule has 3 N–H and O–H groups in total. The lowest BCUT2D eigenvalue weighted by atomic mass is 10.2. The van der Waals surface area contributed by atoms with Gasteiger partial charge in [0.15, 0.2) is 0 Å². The highest BCUT2D eigenvalue weighted by Gasteiger charge is 2.07. The van der Waals surface area contributed by atoms with Crippen molar-refractivity contribution in [3.8, 4) is 5.75 Å². The van der Waals surface area contributed by atoms with E-state index in [4.69, 9.17) is 10.5 Å². The van der Waals surface area contributed by atoms with Crippen molar-refractivity contribution in [1.29, 1.82) is 0 Å². The second-order valence-electron chi connectivity index (χ2n) is 4.60. The van der Waals surface area contributed by atoms with Gasteiger partial charge in [0.1, 0.15) is 5.75 Å². The number of halogens is 1. The number of nitrogens with two attached hydrogens (primary N) is 1. The first-order valence-corrected chi connectivity index (χ1v) is 7.39. The Morgan fingerprint density at radius 3 is 2.76 bits per heavy atom. The molecule has 0 spiro atoms. The number of para-hydroxylation sites is 2. The minimum atomic E-state index is -0.0919. The van der Waals surface area contributed by atoms with E-state index in [1.807, 2.05) is 37.3 Å². The molecule has 0 heterocycles. The summed E-state index contributed by atoms with van der Waals surface area (Å²) in [4.78, 5) is 11.9. The molecule has 2 aromatic rings. The van der Waals surface area contributed by atoms with E-state index in [-0.39, 0.29) is 18.9 Å². The number of ether oxygens (including phenoxy) is 1. The van der Waals surface area contributed by atoms with E-state index in [1.165, 1.54) is 0 Å². The van der Waals surface area contributed by atoms with Gasteiger partial charge in [0.25, 0.3) is 0 Å². The summed E-state index contributed by atoms with van der Waals surface area (Å²) >= 11 is 3.44. The van der Waals surface area contributed by atoms with Crippen LogP contribution in [0.1, 0.15) is 12.0 Å². The SMILES string of the molecule is Cc1c(Br)cccc1NC(=O)CCOc1ccccc1N. The van der Waals surface area contributed by atoms with Gasteiger partial charge in [-0.2, -0.15) is 0 Å². The van der Waals surface area contributed by atoms with Gasteiger partial charge in [-0.25, -0.2) is 0 Å². The Balaban J connectivity index is 1.85. The van der Waals surface area contributed by atoms with Gasteiger partial charge in [-0.15, -0.1) is 0 Å². The van der Waals surface area contributed by atoms with E-state index in [9.17, 15) is 4.79 Å². The van der Waals surface area contributed by atoms with Crippen molar-refractivity contribution in [2.75, 3.05) is 17.7 Å². The average Bonchev–Trinajstić information content (AvgIpc) is 2.46. The van der Waals surface area contributed by atoms with Crippen LogP contribution in [-0.4, -0.2) is 12.5 Å².